The minimum absolute atomic E-state index is 0.0328. The van der Waals surface area contributed by atoms with E-state index in [0.29, 0.717) is 31.7 Å². The summed E-state index contributed by atoms with van der Waals surface area (Å²) in [4.78, 5) is 10.5. The van der Waals surface area contributed by atoms with Crippen molar-refractivity contribution in [3.63, 3.8) is 0 Å². The zero-order chi connectivity index (χ0) is 16.0. The van der Waals surface area contributed by atoms with Gasteiger partial charge in [-0.2, -0.15) is 0 Å². The first kappa shape index (κ1) is 17.4. The number of aryl methyl sites for hydroxylation is 1. The van der Waals surface area contributed by atoms with Crippen molar-refractivity contribution in [3.05, 3.63) is 33.9 Å². The fourth-order valence-electron chi connectivity index (χ4n) is 2.06. The lowest BCUT2D eigenvalue weighted by molar-refractivity contribution is -0.384. The third kappa shape index (κ3) is 4.98. The van der Waals surface area contributed by atoms with Gasteiger partial charge in [0.15, 0.2) is 0 Å². The van der Waals surface area contributed by atoms with E-state index in [-0.39, 0.29) is 5.69 Å². The average molecular weight is 315 g/mol. The molecular formula is C13H21N3O4S. The summed E-state index contributed by atoms with van der Waals surface area (Å²) in [6.07, 6.45) is 1.75. The van der Waals surface area contributed by atoms with Gasteiger partial charge in [-0.05, 0) is 18.9 Å². The molecule has 0 fully saturated rings. The molecule has 0 aliphatic heterocycles. The van der Waals surface area contributed by atoms with Crippen molar-refractivity contribution in [1.29, 1.82) is 0 Å². The van der Waals surface area contributed by atoms with E-state index in [1.165, 1.54) is 16.6 Å². The zero-order valence-electron chi connectivity index (χ0n) is 12.5. The van der Waals surface area contributed by atoms with Crippen LogP contribution in [0.5, 0.6) is 0 Å². The standard InChI is InChI=1S/C13H21N3O4S/c1-4-15(21(3,19)20)10-6-9-14-13-11(2)7-5-8-12(13)16(17)18/h5,7-8,14H,4,6,9-10H2,1-3H3. The minimum atomic E-state index is -3.19. The Morgan fingerprint density at radius 3 is 2.57 bits per heavy atom. The topological polar surface area (TPSA) is 92.5 Å². The lowest BCUT2D eigenvalue weighted by Gasteiger charge is -2.18. The second-order valence-electron chi connectivity index (χ2n) is 4.76. The molecule has 21 heavy (non-hydrogen) atoms. The van der Waals surface area contributed by atoms with Gasteiger partial charge in [0.25, 0.3) is 5.69 Å². The van der Waals surface area contributed by atoms with Gasteiger partial charge in [0.1, 0.15) is 5.69 Å². The van der Waals surface area contributed by atoms with Gasteiger partial charge in [0.05, 0.1) is 11.2 Å². The average Bonchev–Trinajstić information content (AvgIpc) is 2.38. The summed E-state index contributed by atoms with van der Waals surface area (Å²) in [5.41, 5.74) is 1.31. The first-order chi connectivity index (χ1) is 9.77. The quantitative estimate of drug-likeness (QED) is 0.450. The number of sulfonamides is 1. The maximum atomic E-state index is 11.4. The first-order valence-electron chi connectivity index (χ1n) is 6.70. The zero-order valence-corrected chi connectivity index (χ0v) is 13.3. The van der Waals surface area contributed by atoms with Crippen LogP contribution in [0.4, 0.5) is 11.4 Å². The highest BCUT2D eigenvalue weighted by molar-refractivity contribution is 7.88. The Kier molecular flexibility index (Phi) is 6.10. The number of nitrogens with one attached hydrogen (secondary N) is 1. The van der Waals surface area contributed by atoms with E-state index in [1.54, 1.807) is 26.0 Å². The highest BCUT2D eigenvalue weighted by Gasteiger charge is 2.16. The molecule has 0 saturated heterocycles. The first-order valence-corrected chi connectivity index (χ1v) is 8.55. The van der Waals surface area contributed by atoms with E-state index in [4.69, 9.17) is 0 Å². The molecule has 0 aliphatic carbocycles. The summed E-state index contributed by atoms with van der Waals surface area (Å²) >= 11 is 0. The number of nitrogens with zero attached hydrogens (tertiary/aromatic N) is 2. The van der Waals surface area contributed by atoms with Crippen molar-refractivity contribution in [2.75, 3.05) is 31.2 Å². The van der Waals surface area contributed by atoms with Gasteiger partial charge in [0, 0.05) is 25.7 Å². The summed E-state index contributed by atoms with van der Waals surface area (Å²) < 4.78 is 24.3. The molecular weight excluding hydrogens is 294 g/mol. The molecule has 1 aromatic rings. The molecule has 1 N–H and O–H groups in total. The van der Waals surface area contributed by atoms with Crippen molar-refractivity contribution >= 4 is 21.4 Å². The van der Waals surface area contributed by atoms with Crippen LogP contribution in [0, 0.1) is 17.0 Å². The lowest BCUT2D eigenvalue weighted by atomic mass is 10.1. The molecule has 0 unspecified atom stereocenters. The van der Waals surface area contributed by atoms with Gasteiger partial charge in [-0.25, -0.2) is 12.7 Å². The Labute approximate surface area is 125 Å². The van der Waals surface area contributed by atoms with Gasteiger partial charge in [-0.3, -0.25) is 10.1 Å². The molecule has 0 aliphatic rings. The Morgan fingerprint density at radius 1 is 1.38 bits per heavy atom. The van der Waals surface area contributed by atoms with Crippen LogP contribution in [-0.4, -0.2) is 43.5 Å². The smallest absolute Gasteiger partial charge is 0.292 e. The fourth-order valence-corrected chi connectivity index (χ4v) is 2.99. The van der Waals surface area contributed by atoms with Crippen LogP contribution in [0.1, 0.15) is 18.9 Å². The van der Waals surface area contributed by atoms with Crippen molar-refractivity contribution in [2.45, 2.75) is 20.3 Å². The number of nitro groups is 1. The molecule has 8 heteroatoms. The number of hydrogen-bond acceptors (Lipinski definition) is 5. The lowest BCUT2D eigenvalue weighted by Crippen LogP contribution is -2.31. The minimum Gasteiger partial charge on any atom is -0.379 e. The molecule has 0 radical (unpaired) electrons. The Morgan fingerprint density at radius 2 is 2.05 bits per heavy atom. The van der Waals surface area contributed by atoms with E-state index in [1.807, 2.05) is 0 Å². The van der Waals surface area contributed by atoms with E-state index >= 15 is 0 Å². The predicted molar refractivity (Wildman–Crippen MR) is 83.0 cm³/mol. The Balaban J connectivity index is 2.63. The molecule has 7 nitrogen and oxygen atoms in total. The van der Waals surface area contributed by atoms with Crippen molar-refractivity contribution in [2.24, 2.45) is 0 Å². The van der Waals surface area contributed by atoms with Crippen LogP contribution in [0.15, 0.2) is 18.2 Å². The SMILES string of the molecule is CCN(CCCNc1c(C)cccc1[N+](=O)[O-])S(C)(=O)=O. The fraction of sp³-hybridized carbons (Fsp3) is 0.538. The van der Waals surface area contributed by atoms with Gasteiger partial charge >= 0.3 is 0 Å². The second-order valence-corrected chi connectivity index (χ2v) is 6.74. The molecule has 0 spiro atoms. The van der Waals surface area contributed by atoms with Crippen LogP contribution in [0.3, 0.4) is 0 Å². The van der Waals surface area contributed by atoms with E-state index < -0.39 is 14.9 Å². The second kappa shape index (κ2) is 7.37. The molecule has 1 aromatic carbocycles. The van der Waals surface area contributed by atoms with Crippen molar-refractivity contribution < 1.29 is 13.3 Å². The van der Waals surface area contributed by atoms with Gasteiger partial charge < -0.3 is 5.32 Å². The molecule has 0 aromatic heterocycles. The number of benzene rings is 1. The van der Waals surface area contributed by atoms with Crippen LogP contribution >= 0.6 is 0 Å². The number of nitro benzene ring substituents is 1. The third-order valence-corrected chi connectivity index (χ3v) is 4.53. The molecule has 0 heterocycles. The number of hydrogen-bond donors (Lipinski definition) is 1. The van der Waals surface area contributed by atoms with Gasteiger partial charge in [-0.15, -0.1) is 0 Å². The summed E-state index contributed by atoms with van der Waals surface area (Å²) in [5.74, 6) is 0. The predicted octanol–water partition coefficient (Wildman–Crippen LogP) is 1.99. The molecule has 118 valence electrons. The number of para-hydroxylation sites is 1. The molecule has 0 atom stereocenters. The third-order valence-electron chi connectivity index (χ3n) is 3.16. The maximum absolute atomic E-state index is 11.4. The maximum Gasteiger partial charge on any atom is 0.292 e. The molecule has 1 rings (SSSR count). The normalized spacial score (nSPS) is 11.6. The van der Waals surface area contributed by atoms with E-state index in [2.05, 4.69) is 5.32 Å². The number of rotatable bonds is 8. The van der Waals surface area contributed by atoms with E-state index in [9.17, 15) is 18.5 Å². The molecule has 0 saturated carbocycles. The monoisotopic (exact) mass is 315 g/mol. The summed E-state index contributed by atoms with van der Waals surface area (Å²) in [7, 11) is -3.19. The molecule has 0 amide bonds. The Hall–Kier alpha value is -1.67. The molecule has 0 bridgehead atoms. The highest BCUT2D eigenvalue weighted by atomic mass is 32.2. The van der Waals surface area contributed by atoms with Gasteiger partial charge in [0.2, 0.25) is 10.0 Å². The highest BCUT2D eigenvalue weighted by Crippen LogP contribution is 2.27. The van der Waals surface area contributed by atoms with Crippen LogP contribution in [0.2, 0.25) is 0 Å². The largest absolute Gasteiger partial charge is 0.379 e. The van der Waals surface area contributed by atoms with Crippen LogP contribution < -0.4 is 5.32 Å². The van der Waals surface area contributed by atoms with Crippen LogP contribution in [-0.2, 0) is 10.0 Å². The Bertz CT molecular complexity index is 601. The number of anilines is 1. The summed E-state index contributed by atoms with van der Waals surface area (Å²) in [6, 6.07) is 4.88. The van der Waals surface area contributed by atoms with Crippen molar-refractivity contribution in [3.8, 4) is 0 Å². The summed E-state index contributed by atoms with van der Waals surface area (Å²) in [5, 5.41) is 14.0. The summed E-state index contributed by atoms with van der Waals surface area (Å²) in [6.45, 7) is 4.86. The van der Waals surface area contributed by atoms with Gasteiger partial charge in [-0.1, -0.05) is 19.1 Å². The van der Waals surface area contributed by atoms with Crippen molar-refractivity contribution in [1.82, 2.24) is 4.31 Å². The van der Waals surface area contributed by atoms with E-state index in [0.717, 1.165) is 5.56 Å². The van der Waals surface area contributed by atoms with Crippen LogP contribution in [0.25, 0.3) is 0 Å².